The third kappa shape index (κ3) is 4.18. The summed E-state index contributed by atoms with van der Waals surface area (Å²) >= 11 is 0. The molecule has 0 aromatic carbocycles. The number of carbonyl (C=O) groups is 1. The molecular weight excluding hydrogens is 194 g/mol. The van der Waals surface area contributed by atoms with Gasteiger partial charge in [0.05, 0.1) is 0 Å². The smallest absolute Gasteiger partial charge is 0.223 e. The zero-order chi connectivity index (χ0) is 11.3. The van der Waals surface area contributed by atoms with Gasteiger partial charge in [-0.3, -0.25) is 4.79 Å². The van der Waals surface area contributed by atoms with Crippen molar-refractivity contribution in [2.45, 2.75) is 51.4 Å². The predicted molar refractivity (Wildman–Crippen MR) is 57.3 cm³/mol. The second kappa shape index (κ2) is 6.08. The molecule has 1 saturated carbocycles. The second-order valence-electron chi connectivity index (χ2n) is 4.05. The molecule has 15 heavy (non-hydrogen) atoms. The summed E-state index contributed by atoms with van der Waals surface area (Å²) in [6.07, 6.45) is 3.23. The molecule has 88 valence electrons. The van der Waals surface area contributed by atoms with Gasteiger partial charge in [0.1, 0.15) is 0 Å². The van der Waals surface area contributed by atoms with Gasteiger partial charge in [-0.2, -0.15) is 0 Å². The number of nitrogens with zero attached hydrogens (tertiary/aromatic N) is 1. The number of aliphatic hydroxyl groups is 1. The average molecular weight is 215 g/mol. The molecule has 0 heterocycles. The van der Waals surface area contributed by atoms with E-state index in [4.69, 9.17) is 4.74 Å². The van der Waals surface area contributed by atoms with Crippen LogP contribution in [0.2, 0.25) is 0 Å². The average Bonchev–Trinajstić information content (AvgIpc) is 3.05. The summed E-state index contributed by atoms with van der Waals surface area (Å²) in [5.74, 6) is 0.149. The van der Waals surface area contributed by atoms with Gasteiger partial charge in [0.2, 0.25) is 5.91 Å². The number of amides is 1. The number of hydrogen-bond acceptors (Lipinski definition) is 3. The first kappa shape index (κ1) is 12.5. The zero-order valence-corrected chi connectivity index (χ0v) is 9.61. The van der Waals surface area contributed by atoms with Crippen molar-refractivity contribution in [3.05, 3.63) is 0 Å². The van der Waals surface area contributed by atoms with E-state index in [0.29, 0.717) is 18.9 Å². The standard InChI is InChI=1S/C11H21NO3/c1-3-8-12(9-4-5-9)10(13)6-7-11(14)15-2/h9,11,14H,3-8H2,1-2H3. The molecule has 4 heteroatoms. The van der Waals surface area contributed by atoms with Crippen LogP contribution in [0, 0.1) is 0 Å². The van der Waals surface area contributed by atoms with Gasteiger partial charge < -0.3 is 14.7 Å². The van der Waals surface area contributed by atoms with E-state index in [9.17, 15) is 9.90 Å². The largest absolute Gasteiger partial charge is 0.368 e. The summed E-state index contributed by atoms with van der Waals surface area (Å²) in [5.41, 5.74) is 0. The number of hydrogen-bond donors (Lipinski definition) is 1. The van der Waals surface area contributed by atoms with E-state index in [2.05, 4.69) is 6.92 Å². The number of carbonyl (C=O) groups excluding carboxylic acids is 1. The summed E-state index contributed by atoms with van der Waals surface area (Å²) in [5, 5.41) is 9.18. The van der Waals surface area contributed by atoms with Crippen molar-refractivity contribution in [3.8, 4) is 0 Å². The first-order valence-corrected chi connectivity index (χ1v) is 5.69. The summed E-state index contributed by atoms with van der Waals surface area (Å²) in [6, 6.07) is 0.470. The monoisotopic (exact) mass is 215 g/mol. The predicted octanol–water partition coefficient (Wildman–Crippen LogP) is 1.13. The SMILES string of the molecule is CCCN(C(=O)CCC(O)OC)C1CC1. The molecule has 0 aromatic rings. The molecule has 1 rings (SSSR count). The van der Waals surface area contributed by atoms with E-state index in [1.807, 2.05) is 4.90 Å². The molecule has 4 nitrogen and oxygen atoms in total. The summed E-state index contributed by atoms with van der Waals surface area (Å²) in [4.78, 5) is 13.7. The fraction of sp³-hybridized carbons (Fsp3) is 0.909. The molecule has 1 N–H and O–H groups in total. The lowest BCUT2D eigenvalue weighted by Gasteiger charge is -2.22. The van der Waals surface area contributed by atoms with Crippen molar-refractivity contribution >= 4 is 5.91 Å². The highest BCUT2D eigenvalue weighted by Gasteiger charge is 2.31. The molecule has 0 aromatic heterocycles. The van der Waals surface area contributed by atoms with Crippen LogP contribution in [0.3, 0.4) is 0 Å². The first-order valence-electron chi connectivity index (χ1n) is 5.69. The van der Waals surface area contributed by atoms with E-state index in [0.717, 1.165) is 25.8 Å². The molecular formula is C11H21NO3. The minimum atomic E-state index is -0.809. The van der Waals surface area contributed by atoms with E-state index in [-0.39, 0.29) is 5.91 Å². The molecule has 1 atom stereocenters. The molecule has 1 amide bonds. The Kier molecular flexibility index (Phi) is 5.05. The molecule has 1 fully saturated rings. The maximum atomic E-state index is 11.8. The molecule has 1 aliphatic carbocycles. The molecule has 0 saturated heterocycles. The highest BCUT2D eigenvalue weighted by atomic mass is 16.6. The maximum Gasteiger partial charge on any atom is 0.223 e. The molecule has 0 aliphatic heterocycles. The summed E-state index contributed by atoms with van der Waals surface area (Å²) < 4.78 is 4.70. The summed E-state index contributed by atoms with van der Waals surface area (Å²) in [6.45, 7) is 2.92. The van der Waals surface area contributed by atoms with Gasteiger partial charge in [0.15, 0.2) is 6.29 Å². The van der Waals surface area contributed by atoms with Crippen LogP contribution in [0.1, 0.15) is 39.0 Å². The van der Waals surface area contributed by atoms with Crippen molar-refractivity contribution in [2.24, 2.45) is 0 Å². The van der Waals surface area contributed by atoms with Crippen LogP contribution in [-0.2, 0) is 9.53 Å². The van der Waals surface area contributed by atoms with Crippen molar-refractivity contribution < 1.29 is 14.6 Å². The van der Waals surface area contributed by atoms with Crippen LogP contribution in [0.5, 0.6) is 0 Å². The van der Waals surface area contributed by atoms with Crippen molar-refractivity contribution in [3.63, 3.8) is 0 Å². The molecule has 0 bridgehead atoms. The van der Waals surface area contributed by atoms with Crippen molar-refractivity contribution in [2.75, 3.05) is 13.7 Å². The molecule has 0 spiro atoms. The molecule has 1 unspecified atom stereocenters. The lowest BCUT2D eigenvalue weighted by molar-refractivity contribution is -0.135. The number of methoxy groups -OCH3 is 1. The van der Waals surface area contributed by atoms with Crippen molar-refractivity contribution in [1.29, 1.82) is 0 Å². The van der Waals surface area contributed by atoms with Crippen LogP contribution < -0.4 is 0 Å². The number of ether oxygens (including phenoxy) is 1. The Balaban J connectivity index is 2.29. The van der Waals surface area contributed by atoms with Gasteiger partial charge in [-0.25, -0.2) is 0 Å². The minimum Gasteiger partial charge on any atom is -0.368 e. The highest BCUT2D eigenvalue weighted by molar-refractivity contribution is 5.76. The number of aliphatic hydroxyl groups excluding tert-OH is 1. The Bertz CT molecular complexity index is 204. The van der Waals surface area contributed by atoms with Gasteiger partial charge in [-0.05, 0) is 19.3 Å². The van der Waals surface area contributed by atoms with Crippen LogP contribution in [-0.4, -0.2) is 41.9 Å². The summed E-state index contributed by atoms with van der Waals surface area (Å²) in [7, 11) is 1.44. The Hall–Kier alpha value is -0.610. The van der Waals surface area contributed by atoms with E-state index >= 15 is 0 Å². The Morgan fingerprint density at radius 2 is 2.27 bits per heavy atom. The van der Waals surface area contributed by atoms with Gasteiger partial charge in [0, 0.05) is 32.5 Å². The fourth-order valence-corrected chi connectivity index (χ4v) is 1.65. The fourth-order valence-electron chi connectivity index (χ4n) is 1.65. The van der Waals surface area contributed by atoms with E-state index < -0.39 is 6.29 Å². The normalized spacial score (nSPS) is 17.5. The Labute approximate surface area is 91.2 Å². The van der Waals surface area contributed by atoms with E-state index in [1.54, 1.807) is 0 Å². The third-order valence-electron chi connectivity index (χ3n) is 2.65. The van der Waals surface area contributed by atoms with Crippen LogP contribution in [0.15, 0.2) is 0 Å². The van der Waals surface area contributed by atoms with Crippen molar-refractivity contribution in [1.82, 2.24) is 4.90 Å². The maximum absolute atomic E-state index is 11.8. The quantitative estimate of drug-likeness (QED) is 0.648. The Morgan fingerprint density at radius 1 is 1.60 bits per heavy atom. The van der Waals surface area contributed by atoms with Crippen LogP contribution in [0.25, 0.3) is 0 Å². The van der Waals surface area contributed by atoms with E-state index in [1.165, 1.54) is 7.11 Å². The van der Waals surface area contributed by atoms with Gasteiger partial charge in [-0.1, -0.05) is 6.92 Å². The second-order valence-corrected chi connectivity index (χ2v) is 4.05. The van der Waals surface area contributed by atoms with Crippen LogP contribution in [0.4, 0.5) is 0 Å². The van der Waals surface area contributed by atoms with Gasteiger partial charge >= 0.3 is 0 Å². The van der Waals surface area contributed by atoms with Gasteiger partial charge in [-0.15, -0.1) is 0 Å². The topological polar surface area (TPSA) is 49.8 Å². The lowest BCUT2D eigenvalue weighted by atomic mass is 10.2. The highest BCUT2D eigenvalue weighted by Crippen LogP contribution is 2.27. The minimum absolute atomic E-state index is 0.149. The number of rotatable bonds is 7. The first-order chi connectivity index (χ1) is 7.19. The third-order valence-corrected chi connectivity index (χ3v) is 2.65. The zero-order valence-electron chi connectivity index (χ0n) is 9.61. The molecule has 0 radical (unpaired) electrons. The van der Waals surface area contributed by atoms with Crippen LogP contribution >= 0.6 is 0 Å². The lowest BCUT2D eigenvalue weighted by Crippen LogP contribution is -2.34. The Morgan fingerprint density at radius 3 is 2.73 bits per heavy atom. The molecule has 1 aliphatic rings. The van der Waals surface area contributed by atoms with Gasteiger partial charge in [0.25, 0.3) is 0 Å².